The first kappa shape index (κ1) is 22.4. The summed E-state index contributed by atoms with van der Waals surface area (Å²) >= 11 is 0. The molecule has 1 aliphatic heterocycles. The number of amides is 2. The summed E-state index contributed by atoms with van der Waals surface area (Å²) < 4.78 is 5.44. The third kappa shape index (κ3) is 6.60. The number of para-hydroxylation sites is 1. The van der Waals surface area contributed by atoms with Crippen molar-refractivity contribution in [3.8, 4) is 0 Å². The molecule has 0 saturated carbocycles. The summed E-state index contributed by atoms with van der Waals surface area (Å²) in [5, 5.41) is 2.84. The van der Waals surface area contributed by atoms with Gasteiger partial charge in [0, 0.05) is 38.9 Å². The molecule has 1 fully saturated rings. The monoisotopic (exact) mass is 425 g/mol. The van der Waals surface area contributed by atoms with Gasteiger partial charge < -0.3 is 24.8 Å². The Kier molecular flexibility index (Phi) is 6.99. The zero-order chi connectivity index (χ0) is 22.4. The van der Waals surface area contributed by atoms with E-state index < -0.39 is 5.60 Å². The second kappa shape index (κ2) is 9.68. The van der Waals surface area contributed by atoms with Crippen molar-refractivity contribution in [2.45, 2.75) is 26.4 Å². The Bertz CT molecular complexity index is 872. The van der Waals surface area contributed by atoms with E-state index in [9.17, 15) is 9.59 Å². The molecule has 3 rings (SSSR count). The quantitative estimate of drug-likeness (QED) is 0.793. The Morgan fingerprint density at radius 3 is 2.32 bits per heavy atom. The first-order valence-electron chi connectivity index (χ1n) is 10.5. The lowest BCUT2D eigenvalue weighted by molar-refractivity contribution is -0.114. The van der Waals surface area contributed by atoms with Crippen LogP contribution in [0.4, 0.5) is 22.0 Å². The van der Waals surface area contributed by atoms with Gasteiger partial charge in [-0.2, -0.15) is 0 Å². The van der Waals surface area contributed by atoms with Crippen molar-refractivity contribution < 1.29 is 14.3 Å². The van der Waals surface area contributed by atoms with E-state index >= 15 is 0 Å². The standard InChI is InChI=1S/C23H31N5O3/c1-23(2,3)31-22(30)28-14-12-27(13-15-28)19-10-11-20(24-16-19)25-21(29)17-26(4)18-8-6-5-7-9-18/h5-11,16H,12-15,17H2,1-4H3,(H,24,25,29). The Hall–Kier alpha value is -3.29. The number of nitrogens with one attached hydrogen (secondary N) is 1. The highest BCUT2D eigenvalue weighted by molar-refractivity contribution is 5.93. The largest absolute Gasteiger partial charge is 0.444 e. The van der Waals surface area contributed by atoms with Crippen LogP contribution in [0.25, 0.3) is 0 Å². The van der Waals surface area contributed by atoms with Gasteiger partial charge >= 0.3 is 6.09 Å². The summed E-state index contributed by atoms with van der Waals surface area (Å²) in [4.78, 5) is 34.7. The van der Waals surface area contributed by atoms with Crippen LogP contribution in [0.15, 0.2) is 48.7 Å². The topological polar surface area (TPSA) is 78.0 Å². The molecule has 2 amide bonds. The SMILES string of the molecule is CN(CC(=O)Nc1ccc(N2CCN(C(=O)OC(C)(C)C)CC2)cn1)c1ccccc1. The Morgan fingerprint density at radius 2 is 1.74 bits per heavy atom. The van der Waals surface area contributed by atoms with Gasteiger partial charge in [0.15, 0.2) is 0 Å². The van der Waals surface area contributed by atoms with Gasteiger partial charge in [-0.15, -0.1) is 0 Å². The van der Waals surface area contributed by atoms with Crippen molar-refractivity contribution >= 4 is 29.2 Å². The molecule has 1 N–H and O–H groups in total. The second-order valence-electron chi connectivity index (χ2n) is 8.60. The molecule has 2 aromatic rings. The van der Waals surface area contributed by atoms with E-state index in [1.165, 1.54) is 0 Å². The van der Waals surface area contributed by atoms with Gasteiger partial charge in [0.05, 0.1) is 18.4 Å². The predicted octanol–water partition coefficient (Wildman–Crippen LogP) is 3.21. The van der Waals surface area contributed by atoms with Crippen molar-refractivity contribution in [3.63, 3.8) is 0 Å². The molecule has 0 atom stereocenters. The summed E-state index contributed by atoms with van der Waals surface area (Å²) in [5.74, 6) is 0.389. The highest BCUT2D eigenvalue weighted by Gasteiger charge is 2.26. The number of ether oxygens (including phenoxy) is 1. The molecule has 1 saturated heterocycles. The molecule has 1 aliphatic rings. The molecular weight excluding hydrogens is 394 g/mol. The first-order valence-corrected chi connectivity index (χ1v) is 10.5. The van der Waals surface area contributed by atoms with Crippen LogP contribution >= 0.6 is 0 Å². The van der Waals surface area contributed by atoms with Crippen molar-refractivity contribution in [3.05, 3.63) is 48.7 Å². The van der Waals surface area contributed by atoms with E-state index in [0.717, 1.165) is 11.4 Å². The third-order valence-corrected chi connectivity index (χ3v) is 4.89. The van der Waals surface area contributed by atoms with Crippen molar-refractivity contribution in [1.82, 2.24) is 9.88 Å². The van der Waals surface area contributed by atoms with Crippen molar-refractivity contribution in [2.75, 3.05) is 54.9 Å². The highest BCUT2D eigenvalue weighted by atomic mass is 16.6. The maximum atomic E-state index is 12.3. The number of likely N-dealkylation sites (N-methyl/N-ethyl adjacent to an activating group) is 1. The van der Waals surface area contributed by atoms with Gasteiger partial charge in [-0.25, -0.2) is 9.78 Å². The van der Waals surface area contributed by atoms with E-state index in [2.05, 4.69) is 15.2 Å². The molecule has 0 unspecified atom stereocenters. The average Bonchev–Trinajstić information content (AvgIpc) is 2.74. The Labute approximate surface area is 183 Å². The number of carbonyl (C=O) groups excluding carboxylic acids is 2. The fourth-order valence-corrected chi connectivity index (χ4v) is 3.29. The van der Waals surface area contributed by atoms with Crippen molar-refractivity contribution in [1.29, 1.82) is 0 Å². The molecule has 1 aromatic carbocycles. The van der Waals surface area contributed by atoms with E-state index in [0.29, 0.717) is 32.0 Å². The number of nitrogens with zero attached hydrogens (tertiary/aromatic N) is 4. The Morgan fingerprint density at radius 1 is 1.06 bits per heavy atom. The minimum atomic E-state index is -0.492. The average molecular weight is 426 g/mol. The van der Waals surface area contributed by atoms with Crippen LogP contribution < -0.4 is 15.1 Å². The Balaban J connectivity index is 1.48. The molecule has 31 heavy (non-hydrogen) atoms. The lowest BCUT2D eigenvalue weighted by atomic mass is 10.2. The van der Waals surface area contributed by atoms with E-state index in [4.69, 9.17) is 4.74 Å². The minimum Gasteiger partial charge on any atom is -0.444 e. The number of piperazine rings is 1. The van der Waals surface area contributed by atoms with Crippen LogP contribution in [-0.4, -0.2) is 67.3 Å². The zero-order valence-electron chi connectivity index (χ0n) is 18.7. The number of benzene rings is 1. The number of hydrogen-bond donors (Lipinski definition) is 1. The molecule has 166 valence electrons. The molecule has 0 radical (unpaired) electrons. The zero-order valence-corrected chi connectivity index (χ0v) is 18.7. The van der Waals surface area contributed by atoms with Crippen LogP contribution in [0, 0.1) is 0 Å². The number of rotatable bonds is 5. The molecule has 1 aromatic heterocycles. The molecule has 0 bridgehead atoms. The lowest BCUT2D eigenvalue weighted by Crippen LogP contribution is -2.50. The minimum absolute atomic E-state index is 0.127. The summed E-state index contributed by atoms with van der Waals surface area (Å²) in [5.41, 5.74) is 1.45. The predicted molar refractivity (Wildman–Crippen MR) is 123 cm³/mol. The maximum Gasteiger partial charge on any atom is 0.410 e. The first-order chi connectivity index (χ1) is 14.7. The molecule has 0 aliphatic carbocycles. The van der Waals surface area contributed by atoms with Gasteiger partial charge in [0.1, 0.15) is 11.4 Å². The fourth-order valence-electron chi connectivity index (χ4n) is 3.29. The summed E-state index contributed by atoms with van der Waals surface area (Å²) in [6, 6.07) is 13.5. The van der Waals surface area contributed by atoms with Crippen LogP contribution in [0.1, 0.15) is 20.8 Å². The molecule has 8 heteroatoms. The lowest BCUT2D eigenvalue weighted by Gasteiger charge is -2.36. The maximum absolute atomic E-state index is 12.3. The van der Waals surface area contributed by atoms with Crippen molar-refractivity contribution in [2.24, 2.45) is 0 Å². The smallest absolute Gasteiger partial charge is 0.410 e. The summed E-state index contributed by atoms with van der Waals surface area (Å²) in [6.45, 7) is 8.44. The van der Waals surface area contributed by atoms with Gasteiger partial charge in [-0.1, -0.05) is 18.2 Å². The van der Waals surface area contributed by atoms with E-state index in [1.54, 1.807) is 17.2 Å². The van der Waals surface area contributed by atoms with Gasteiger partial charge in [-0.3, -0.25) is 4.79 Å². The van der Waals surface area contributed by atoms with Crippen LogP contribution in [0.5, 0.6) is 0 Å². The molecule has 8 nitrogen and oxygen atoms in total. The molecular formula is C23H31N5O3. The normalized spacial score (nSPS) is 14.2. The van der Waals surface area contributed by atoms with E-state index in [1.807, 2.05) is 69.1 Å². The number of aromatic nitrogens is 1. The van der Waals surface area contributed by atoms with Gasteiger partial charge in [0.25, 0.3) is 0 Å². The van der Waals surface area contributed by atoms with Gasteiger partial charge in [-0.05, 0) is 45.0 Å². The summed E-state index contributed by atoms with van der Waals surface area (Å²) in [6.07, 6.45) is 1.48. The number of hydrogen-bond acceptors (Lipinski definition) is 6. The summed E-state index contributed by atoms with van der Waals surface area (Å²) in [7, 11) is 1.88. The van der Waals surface area contributed by atoms with Crippen LogP contribution in [0.2, 0.25) is 0 Å². The van der Waals surface area contributed by atoms with Crippen LogP contribution in [0.3, 0.4) is 0 Å². The fraction of sp³-hybridized carbons (Fsp3) is 0.435. The molecule has 0 spiro atoms. The molecule has 2 heterocycles. The number of carbonyl (C=O) groups is 2. The van der Waals surface area contributed by atoms with E-state index in [-0.39, 0.29) is 18.5 Å². The number of pyridine rings is 1. The second-order valence-corrected chi connectivity index (χ2v) is 8.60. The van der Waals surface area contributed by atoms with Crippen LogP contribution in [-0.2, 0) is 9.53 Å². The number of anilines is 3. The third-order valence-electron chi connectivity index (χ3n) is 4.89. The highest BCUT2D eigenvalue weighted by Crippen LogP contribution is 2.19. The van der Waals surface area contributed by atoms with Gasteiger partial charge in [0.2, 0.25) is 5.91 Å².